The quantitative estimate of drug-likeness (QED) is 0.0213. The molecule has 10 heteroatoms. The largest absolute Gasteiger partial charge is 0.472 e. The summed E-state index contributed by atoms with van der Waals surface area (Å²) in [5, 5.41) is 0. The molecule has 0 rings (SSSR count). The molecule has 2 unspecified atom stereocenters. The fourth-order valence-electron chi connectivity index (χ4n) is 6.36. The third kappa shape index (κ3) is 42.1. The first kappa shape index (κ1) is 54.5. The monoisotopic (exact) mass is 815 g/mol. The maximum Gasteiger partial charge on any atom is 0.472 e. The lowest BCUT2D eigenvalue weighted by Gasteiger charge is -2.24. The van der Waals surface area contributed by atoms with E-state index in [1.165, 1.54) is 141 Å². The van der Waals surface area contributed by atoms with Gasteiger partial charge >= 0.3 is 19.8 Å². The Morgan fingerprint density at radius 2 is 1.00 bits per heavy atom. The van der Waals surface area contributed by atoms with Gasteiger partial charge < -0.3 is 18.9 Å². The van der Waals surface area contributed by atoms with Crippen molar-refractivity contribution >= 4 is 19.8 Å². The Hall–Kier alpha value is -1.51. The Morgan fingerprint density at radius 3 is 1.48 bits per heavy atom. The van der Waals surface area contributed by atoms with Crippen molar-refractivity contribution in [1.29, 1.82) is 0 Å². The zero-order valence-electron chi connectivity index (χ0n) is 37.1. The molecule has 0 fully saturated rings. The first-order valence-electron chi connectivity index (χ1n) is 23.1. The lowest BCUT2D eigenvalue weighted by molar-refractivity contribution is -0.870. The number of phosphoric ester groups is 1. The van der Waals surface area contributed by atoms with Gasteiger partial charge in [-0.15, -0.1) is 0 Å². The summed E-state index contributed by atoms with van der Waals surface area (Å²) in [6, 6.07) is 0. The van der Waals surface area contributed by atoms with Gasteiger partial charge in [0.25, 0.3) is 0 Å². The minimum Gasteiger partial charge on any atom is -0.462 e. The summed E-state index contributed by atoms with van der Waals surface area (Å²) in [5.74, 6) is -0.868. The summed E-state index contributed by atoms with van der Waals surface area (Å²) < 4.78 is 34.2. The van der Waals surface area contributed by atoms with Crippen LogP contribution in [0.1, 0.15) is 206 Å². The highest BCUT2D eigenvalue weighted by molar-refractivity contribution is 7.47. The SMILES string of the molecule is CCCCCCCC/C=C/C/C=C/CCC(=O)OC(COC(=O)CCCCCCCCCCCCCCCCCCCCC)COP(=O)(O)OCC[N+](C)(C)C. The van der Waals surface area contributed by atoms with E-state index in [-0.39, 0.29) is 32.0 Å². The number of allylic oxidation sites excluding steroid dienone is 4. The van der Waals surface area contributed by atoms with Gasteiger partial charge in [0, 0.05) is 12.8 Å². The number of esters is 2. The number of unbranched alkanes of at least 4 members (excludes halogenated alkanes) is 24. The van der Waals surface area contributed by atoms with Gasteiger partial charge in [0.2, 0.25) is 0 Å². The van der Waals surface area contributed by atoms with Gasteiger partial charge in [-0.05, 0) is 32.1 Å². The highest BCUT2D eigenvalue weighted by Gasteiger charge is 2.27. The zero-order chi connectivity index (χ0) is 41.4. The Labute approximate surface area is 345 Å². The predicted octanol–water partition coefficient (Wildman–Crippen LogP) is 13.1. The van der Waals surface area contributed by atoms with Crippen molar-refractivity contribution in [3.63, 3.8) is 0 Å². The van der Waals surface area contributed by atoms with Crippen LogP contribution in [0.2, 0.25) is 0 Å². The van der Waals surface area contributed by atoms with E-state index in [4.69, 9.17) is 18.5 Å². The average molecular weight is 815 g/mol. The van der Waals surface area contributed by atoms with E-state index in [0.29, 0.717) is 17.4 Å². The van der Waals surface area contributed by atoms with Crippen LogP contribution in [-0.4, -0.2) is 74.9 Å². The topological polar surface area (TPSA) is 108 Å². The fourth-order valence-corrected chi connectivity index (χ4v) is 7.10. The summed E-state index contributed by atoms with van der Waals surface area (Å²) in [4.78, 5) is 35.3. The molecule has 0 bridgehead atoms. The number of ether oxygens (including phenoxy) is 2. The Kier molecular flexibility index (Phi) is 37.9. The maximum atomic E-state index is 12.6. The van der Waals surface area contributed by atoms with Crippen molar-refractivity contribution < 1.29 is 42.1 Å². The molecular weight excluding hydrogens is 725 g/mol. The first-order chi connectivity index (χ1) is 27.0. The third-order valence-corrected chi connectivity index (χ3v) is 11.0. The number of likely N-dealkylation sites (N-methyl/N-ethyl adjacent to an activating group) is 1. The van der Waals surface area contributed by atoms with E-state index in [2.05, 4.69) is 26.0 Å². The van der Waals surface area contributed by atoms with Crippen LogP contribution < -0.4 is 0 Å². The van der Waals surface area contributed by atoms with E-state index in [1.807, 2.05) is 33.3 Å². The van der Waals surface area contributed by atoms with E-state index in [1.54, 1.807) is 0 Å². The molecule has 56 heavy (non-hydrogen) atoms. The van der Waals surface area contributed by atoms with E-state index < -0.39 is 26.5 Å². The smallest absolute Gasteiger partial charge is 0.462 e. The van der Waals surface area contributed by atoms with Crippen molar-refractivity contribution in [3.05, 3.63) is 24.3 Å². The molecule has 0 aliphatic carbocycles. The molecule has 0 saturated heterocycles. The van der Waals surface area contributed by atoms with E-state index >= 15 is 0 Å². The van der Waals surface area contributed by atoms with Crippen LogP contribution in [0.3, 0.4) is 0 Å². The average Bonchev–Trinajstić information content (AvgIpc) is 3.15. The molecule has 0 aliphatic rings. The lowest BCUT2D eigenvalue weighted by Crippen LogP contribution is -2.37. The van der Waals surface area contributed by atoms with Crippen molar-refractivity contribution in [2.75, 3.05) is 47.5 Å². The van der Waals surface area contributed by atoms with Crippen LogP contribution in [0.5, 0.6) is 0 Å². The fraction of sp³-hybridized carbons (Fsp3) is 0.870. The molecule has 0 spiro atoms. The van der Waals surface area contributed by atoms with Crippen LogP contribution >= 0.6 is 7.82 Å². The number of nitrogens with zero attached hydrogens (tertiary/aromatic N) is 1. The summed E-state index contributed by atoms with van der Waals surface area (Å²) in [7, 11) is 1.45. The molecule has 9 nitrogen and oxygen atoms in total. The molecule has 330 valence electrons. The Balaban J connectivity index is 4.31. The number of rotatable bonds is 42. The van der Waals surface area contributed by atoms with Crippen molar-refractivity contribution in [2.24, 2.45) is 0 Å². The number of carbonyl (C=O) groups is 2. The minimum atomic E-state index is -4.38. The number of phosphoric acid groups is 1. The summed E-state index contributed by atoms with van der Waals surface area (Å²) in [5.41, 5.74) is 0. The highest BCUT2D eigenvalue weighted by Crippen LogP contribution is 2.43. The van der Waals surface area contributed by atoms with Crippen LogP contribution in [-0.2, 0) is 32.7 Å². The molecule has 0 aromatic rings. The molecule has 0 aliphatic heterocycles. The van der Waals surface area contributed by atoms with Gasteiger partial charge in [-0.2, -0.15) is 0 Å². The second-order valence-electron chi connectivity index (χ2n) is 16.8. The van der Waals surface area contributed by atoms with Gasteiger partial charge in [0.05, 0.1) is 27.7 Å². The molecule has 0 heterocycles. The molecule has 0 aromatic carbocycles. The van der Waals surface area contributed by atoms with Crippen LogP contribution in [0.25, 0.3) is 0 Å². The first-order valence-corrected chi connectivity index (χ1v) is 24.6. The van der Waals surface area contributed by atoms with Crippen LogP contribution in [0, 0.1) is 0 Å². The standard InChI is InChI=1S/C46H88NO8P/c1-6-8-10-12-14-16-18-20-21-22-23-24-25-27-28-30-32-34-36-38-45(48)52-42-44(43-54-56(50,51)53-41-40-47(3,4)5)55-46(49)39-37-35-33-31-29-26-19-17-15-13-11-9-7-2/h26,29,33,35,44H,6-25,27-28,30-32,34,36-43H2,1-5H3/p+1/b29-26+,35-33+. The number of carbonyl (C=O) groups excluding carboxylic acids is 2. The van der Waals surface area contributed by atoms with Crippen molar-refractivity contribution in [2.45, 2.75) is 213 Å². The number of hydrogen-bond donors (Lipinski definition) is 1. The summed E-state index contributed by atoms with van der Waals surface area (Å²) >= 11 is 0. The van der Waals surface area contributed by atoms with Crippen molar-refractivity contribution in [3.8, 4) is 0 Å². The zero-order valence-corrected chi connectivity index (χ0v) is 38.0. The van der Waals surface area contributed by atoms with E-state index in [0.717, 1.165) is 32.1 Å². The number of quaternary nitrogens is 1. The molecule has 0 amide bonds. The second kappa shape index (κ2) is 39.0. The maximum absolute atomic E-state index is 12.6. The minimum absolute atomic E-state index is 0.0245. The van der Waals surface area contributed by atoms with Gasteiger partial charge in [-0.25, -0.2) is 4.57 Å². The van der Waals surface area contributed by atoms with Gasteiger partial charge in [-0.1, -0.05) is 186 Å². The summed E-state index contributed by atoms with van der Waals surface area (Å²) in [6.45, 7) is 4.37. The van der Waals surface area contributed by atoms with Crippen LogP contribution in [0.15, 0.2) is 24.3 Å². The molecular formula is C46H89NO8P+. The normalized spacial score (nSPS) is 13.8. The second-order valence-corrected chi connectivity index (χ2v) is 18.2. The lowest BCUT2D eigenvalue weighted by atomic mass is 10.0. The van der Waals surface area contributed by atoms with E-state index in [9.17, 15) is 19.0 Å². The number of hydrogen-bond acceptors (Lipinski definition) is 7. The molecule has 0 aromatic heterocycles. The van der Waals surface area contributed by atoms with Crippen molar-refractivity contribution in [1.82, 2.24) is 0 Å². The van der Waals surface area contributed by atoms with Gasteiger partial charge in [0.1, 0.15) is 19.8 Å². The molecule has 0 saturated carbocycles. The Morgan fingerprint density at radius 1 is 0.554 bits per heavy atom. The summed E-state index contributed by atoms with van der Waals surface area (Å²) in [6.07, 6.45) is 42.5. The van der Waals surface area contributed by atoms with Gasteiger partial charge in [-0.3, -0.25) is 18.6 Å². The predicted molar refractivity (Wildman–Crippen MR) is 234 cm³/mol. The molecule has 0 radical (unpaired) electrons. The molecule has 2 atom stereocenters. The Bertz CT molecular complexity index is 1010. The third-order valence-electron chi connectivity index (χ3n) is 10.00. The van der Waals surface area contributed by atoms with Gasteiger partial charge in [0.15, 0.2) is 6.10 Å². The molecule has 1 N–H and O–H groups in total. The van der Waals surface area contributed by atoms with Crippen LogP contribution in [0.4, 0.5) is 0 Å². The highest BCUT2D eigenvalue weighted by atomic mass is 31.2.